The van der Waals surface area contributed by atoms with Crippen LogP contribution in [0.25, 0.3) is 0 Å². The first-order chi connectivity index (χ1) is 15.8. The molecule has 0 unspecified atom stereocenters. The molecule has 0 spiro atoms. The standard InChI is InChI=1S/C28H29ClN2O2/c1-19-10-11-21(16-20(19)2)18-31-15-7-14-28(31,3)27(33)30-25-13-12-23(29)17-24(25)26(32)22-8-5-4-6-9-22/h4-6,8-13,16-17H,7,14-15,18H2,1-3H3,(H,30,33)/t28-/m1/s1. The molecule has 1 N–H and O–H groups in total. The number of benzene rings is 3. The summed E-state index contributed by atoms with van der Waals surface area (Å²) in [5.41, 5.74) is 4.49. The zero-order chi connectivity index (χ0) is 23.6. The third kappa shape index (κ3) is 4.87. The van der Waals surface area contributed by atoms with Crippen LogP contribution in [-0.4, -0.2) is 28.7 Å². The highest BCUT2D eigenvalue weighted by atomic mass is 35.5. The largest absolute Gasteiger partial charge is 0.324 e. The molecular formula is C28H29ClN2O2. The normalized spacial score (nSPS) is 18.3. The smallest absolute Gasteiger partial charge is 0.244 e. The monoisotopic (exact) mass is 460 g/mol. The zero-order valence-corrected chi connectivity index (χ0v) is 20.1. The van der Waals surface area contributed by atoms with Crippen molar-refractivity contribution in [1.82, 2.24) is 4.90 Å². The van der Waals surface area contributed by atoms with Gasteiger partial charge in [0.15, 0.2) is 5.78 Å². The molecule has 3 aromatic carbocycles. The van der Waals surface area contributed by atoms with E-state index in [4.69, 9.17) is 11.6 Å². The van der Waals surface area contributed by atoms with E-state index in [1.165, 1.54) is 16.7 Å². The molecule has 1 fully saturated rings. The van der Waals surface area contributed by atoms with Gasteiger partial charge in [0.2, 0.25) is 5.91 Å². The molecular weight excluding hydrogens is 432 g/mol. The summed E-state index contributed by atoms with van der Waals surface area (Å²) in [6.07, 6.45) is 1.71. The Labute approximate surface area is 200 Å². The first-order valence-electron chi connectivity index (χ1n) is 11.3. The number of rotatable bonds is 6. The van der Waals surface area contributed by atoms with Crippen LogP contribution in [0, 0.1) is 13.8 Å². The van der Waals surface area contributed by atoms with Crippen LogP contribution in [0.15, 0.2) is 66.7 Å². The molecule has 1 saturated heterocycles. The van der Waals surface area contributed by atoms with Gasteiger partial charge in [0.05, 0.1) is 11.2 Å². The van der Waals surface area contributed by atoms with E-state index in [2.05, 4.69) is 42.3 Å². The van der Waals surface area contributed by atoms with E-state index in [1.807, 2.05) is 25.1 Å². The summed E-state index contributed by atoms with van der Waals surface area (Å²) in [5.74, 6) is -0.273. The maximum atomic E-state index is 13.6. The Kier molecular flexibility index (Phi) is 6.68. The van der Waals surface area contributed by atoms with Gasteiger partial charge in [0.1, 0.15) is 0 Å². The maximum Gasteiger partial charge on any atom is 0.244 e. The Bertz CT molecular complexity index is 1190. The molecule has 4 nitrogen and oxygen atoms in total. The van der Waals surface area contributed by atoms with E-state index in [0.29, 0.717) is 28.4 Å². The van der Waals surface area contributed by atoms with Crippen molar-refractivity contribution >= 4 is 29.0 Å². The quantitative estimate of drug-likeness (QED) is 0.447. The first kappa shape index (κ1) is 23.2. The van der Waals surface area contributed by atoms with E-state index >= 15 is 0 Å². The van der Waals surface area contributed by atoms with Gasteiger partial charge < -0.3 is 5.32 Å². The highest BCUT2D eigenvalue weighted by Gasteiger charge is 2.43. The number of amides is 1. The summed E-state index contributed by atoms with van der Waals surface area (Å²) in [4.78, 5) is 28.9. The minimum Gasteiger partial charge on any atom is -0.324 e. The number of hydrogen-bond acceptors (Lipinski definition) is 3. The lowest BCUT2D eigenvalue weighted by Gasteiger charge is -2.34. The van der Waals surface area contributed by atoms with E-state index in [1.54, 1.807) is 30.3 Å². The van der Waals surface area contributed by atoms with Crippen LogP contribution in [0.3, 0.4) is 0 Å². The molecule has 1 atom stereocenters. The summed E-state index contributed by atoms with van der Waals surface area (Å²) < 4.78 is 0. The molecule has 5 heteroatoms. The number of likely N-dealkylation sites (tertiary alicyclic amines) is 1. The number of aryl methyl sites for hydroxylation is 2. The van der Waals surface area contributed by atoms with Crippen LogP contribution >= 0.6 is 11.6 Å². The maximum absolute atomic E-state index is 13.6. The van der Waals surface area contributed by atoms with Crippen molar-refractivity contribution in [3.8, 4) is 0 Å². The van der Waals surface area contributed by atoms with Gasteiger partial charge >= 0.3 is 0 Å². The summed E-state index contributed by atoms with van der Waals surface area (Å²) in [6, 6.07) is 20.5. The third-order valence-electron chi connectivity index (χ3n) is 6.73. The lowest BCUT2D eigenvalue weighted by atomic mass is 9.95. The third-order valence-corrected chi connectivity index (χ3v) is 6.97. The summed E-state index contributed by atoms with van der Waals surface area (Å²) in [5, 5.41) is 3.50. The number of halogens is 1. The minimum atomic E-state index is -0.661. The van der Waals surface area contributed by atoms with Crippen LogP contribution in [0.5, 0.6) is 0 Å². The Morgan fingerprint density at radius 1 is 1.00 bits per heavy atom. The first-order valence-corrected chi connectivity index (χ1v) is 11.7. The van der Waals surface area contributed by atoms with Gasteiger partial charge in [-0.1, -0.05) is 60.1 Å². The number of carbonyl (C=O) groups is 2. The Balaban J connectivity index is 1.58. The molecule has 0 saturated carbocycles. The summed E-state index contributed by atoms with van der Waals surface area (Å²) in [6.45, 7) is 7.77. The van der Waals surface area contributed by atoms with Gasteiger partial charge in [-0.25, -0.2) is 0 Å². The lowest BCUT2D eigenvalue weighted by Crippen LogP contribution is -2.50. The van der Waals surface area contributed by atoms with E-state index in [-0.39, 0.29) is 11.7 Å². The van der Waals surface area contributed by atoms with Gasteiger partial charge in [0, 0.05) is 22.7 Å². The fourth-order valence-corrected chi connectivity index (χ4v) is 4.64. The molecule has 1 amide bonds. The number of nitrogens with one attached hydrogen (secondary N) is 1. The lowest BCUT2D eigenvalue weighted by molar-refractivity contribution is -0.125. The van der Waals surface area contributed by atoms with Crippen molar-refractivity contribution in [3.05, 3.63) is 99.6 Å². The van der Waals surface area contributed by atoms with Crippen LogP contribution in [-0.2, 0) is 11.3 Å². The van der Waals surface area contributed by atoms with Crippen molar-refractivity contribution < 1.29 is 9.59 Å². The predicted molar refractivity (Wildman–Crippen MR) is 134 cm³/mol. The highest BCUT2D eigenvalue weighted by Crippen LogP contribution is 2.33. The topological polar surface area (TPSA) is 49.4 Å². The fourth-order valence-electron chi connectivity index (χ4n) is 4.47. The van der Waals surface area contributed by atoms with Crippen molar-refractivity contribution in [3.63, 3.8) is 0 Å². The van der Waals surface area contributed by atoms with E-state index < -0.39 is 5.54 Å². The van der Waals surface area contributed by atoms with Gasteiger partial charge in [0.25, 0.3) is 0 Å². The second-order valence-corrected chi connectivity index (χ2v) is 9.49. The van der Waals surface area contributed by atoms with Gasteiger partial charge in [-0.3, -0.25) is 14.5 Å². The van der Waals surface area contributed by atoms with Crippen LogP contribution in [0.4, 0.5) is 5.69 Å². The highest BCUT2D eigenvalue weighted by molar-refractivity contribution is 6.31. The van der Waals surface area contributed by atoms with Crippen LogP contribution in [0.1, 0.15) is 52.4 Å². The molecule has 170 valence electrons. The number of ketones is 1. The average molecular weight is 461 g/mol. The Morgan fingerprint density at radius 2 is 1.76 bits per heavy atom. The fraction of sp³-hybridized carbons (Fsp3) is 0.286. The van der Waals surface area contributed by atoms with Crippen molar-refractivity contribution in [1.29, 1.82) is 0 Å². The average Bonchev–Trinajstić information content (AvgIpc) is 3.19. The number of carbonyl (C=O) groups excluding carboxylic acids is 2. The summed E-state index contributed by atoms with van der Waals surface area (Å²) >= 11 is 6.20. The molecule has 1 aliphatic heterocycles. The minimum absolute atomic E-state index is 0.103. The van der Waals surface area contributed by atoms with Crippen molar-refractivity contribution in [2.75, 3.05) is 11.9 Å². The predicted octanol–water partition coefficient (Wildman–Crippen LogP) is 6.18. The molecule has 0 radical (unpaired) electrons. The number of anilines is 1. The second kappa shape index (κ2) is 9.50. The molecule has 33 heavy (non-hydrogen) atoms. The van der Waals surface area contributed by atoms with Gasteiger partial charge in [-0.15, -0.1) is 0 Å². The molecule has 1 heterocycles. The van der Waals surface area contributed by atoms with Crippen molar-refractivity contribution in [2.24, 2.45) is 0 Å². The zero-order valence-electron chi connectivity index (χ0n) is 19.3. The number of hydrogen-bond donors (Lipinski definition) is 1. The SMILES string of the molecule is Cc1ccc(CN2CCC[C@]2(C)C(=O)Nc2ccc(Cl)cc2C(=O)c2ccccc2)cc1C. The Morgan fingerprint density at radius 3 is 2.48 bits per heavy atom. The van der Waals surface area contributed by atoms with Gasteiger partial charge in [-0.05, 0) is 75.0 Å². The molecule has 3 aromatic rings. The van der Waals surface area contributed by atoms with Gasteiger partial charge in [-0.2, -0.15) is 0 Å². The van der Waals surface area contributed by atoms with E-state index in [9.17, 15) is 9.59 Å². The summed E-state index contributed by atoms with van der Waals surface area (Å²) in [7, 11) is 0. The van der Waals surface area contributed by atoms with Crippen LogP contribution in [0.2, 0.25) is 5.02 Å². The van der Waals surface area contributed by atoms with E-state index in [0.717, 1.165) is 19.4 Å². The van der Waals surface area contributed by atoms with Crippen molar-refractivity contribution in [2.45, 2.75) is 45.7 Å². The van der Waals surface area contributed by atoms with Crippen LogP contribution < -0.4 is 5.32 Å². The molecule has 1 aliphatic rings. The second-order valence-electron chi connectivity index (χ2n) is 9.06. The molecule has 0 aromatic heterocycles. The molecule has 4 rings (SSSR count). The number of nitrogens with zero attached hydrogens (tertiary/aromatic N) is 1. The molecule has 0 bridgehead atoms. The molecule has 0 aliphatic carbocycles. The Hall–Kier alpha value is -2.95.